The Hall–Kier alpha value is -3.62. The summed E-state index contributed by atoms with van der Waals surface area (Å²) in [5.74, 6) is -1.06. The summed E-state index contributed by atoms with van der Waals surface area (Å²) in [6, 6.07) is 4.12. The summed E-state index contributed by atoms with van der Waals surface area (Å²) >= 11 is 0. The van der Waals surface area contributed by atoms with E-state index >= 15 is 0 Å². The predicted octanol–water partition coefficient (Wildman–Crippen LogP) is 4.25. The van der Waals surface area contributed by atoms with Crippen LogP contribution in [0.4, 0.5) is 14.9 Å². The molecule has 3 N–H and O–H groups in total. The molecule has 0 unspecified atom stereocenters. The second kappa shape index (κ2) is 9.70. The fourth-order valence-corrected chi connectivity index (χ4v) is 3.80. The molecule has 9 heteroatoms. The molecule has 0 aliphatic carbocycles. The lowest BCUT2D eigenvalue weighted by atomic mass is 10.0. The summed E-state index contributed by atoms with van der Waals surface area (Å²) in [6.45, 7) is 11.8. The molecule has 3 rings (SSSR count). The Bertz CT molecular complexity index is 1160. The maximum atomic E-state index is 13.7. The molecule has 0 atom stereocenters. The molecule has 3 amide bonds. The third-order valence-electron chi connectivity index (χ3n) is 5.46. The number of nitrogens with one attached hydrogen (secondary N) is 3. The Morgan fingerprint density at radius 3 is 2.59 bits per heavy atom. The van der Waals surface area contributed by atoms with Gasteiger partial charge in [-0.05, 0) is 71.4 Å². The number of benzene rings is 1. The minimum Gasteiger partial charge on any atom is -0.444 e. The molecule has 2 aromatic rings. The molecule has 1 aromatic heterocycles. The number of H-pyrrole nitrogens is 1. The molecular weight excluding hydrogens is 439 g/mol. The zero-order valence-corrected chi connectivity index (χ0v) is 20.4. The molecule has 0 fully saturated rings. The maximum Gasteiger partial charge on any atom is 0.410 e. The van der Waals surface area contributed by atoms with Crippen LogP contribution in [0.5, 0.6) is 0 Å². The summed E-state index contributed by atoms with van der Waals surface area (Å²) < 4.78 is 19.1. The summed E-state index contributed by atoms with van der Waals surface area (Å²) in [4.78, 5) is 42.3. The van der Waals surface area contributed by atoms with Crippen molar-refractivity contribution in [1.29, 1.82) is 0 Å². The fraction of sp³-hybridized carbons (Fsp3) is 0.400. The zero-order chi connectivity index (χ0) is 25.2. The van der Waals surface area contributed by atoms with Crippen molar-refractivity contribution in [3.63, 3.8) is 0 Å². The molecule has 0 spiro atoms. The highest BCUT2D eigenvalue weighted by molar-refractivity contribution is 6.34. The van der Waals surface area contributed by atoms with Crippen molar-refractivity contribution in [1.82, 2.24) is 15.2 Å². The normalized spacial score (nSPS) is 14.1. The molecule has 34 heavy (non-hydrogen) atoms. The average molecular weight is 471 g/mol. The Kier molecular flexibility index (Phi) is 7.14. The molecule has 0 saturated carbocycles. The van der Waals surface area contributed by atoms with Crippen molar-refractivity contribution < 1.29 is 23.5 Å². The number of hydrogen-bond acceptors (Lipinski definition) is 4. The highest BCUT2D eigenvalue weighted by Gasteiger charge is 2.26. The van der Waals surface area contributed by atoms with Gasteiger partial charge in [-0.15, -0.1) is 0 Å². The van der Waals surface area contributed by atoms with E-state index in [0.29, 0.717) is 52.4 Å². The monoisotopic (exact) mass is 470 g/mol. The third kappa shape index (κ3) is 5.47. The quantitative estimate of drug-likeness (QED) is 0.549. The highest BCUT2D eigenvalue weighted by atomic mass is 19.1. The van der Waals surface area contributed by atoms with Crippen molar-refractivity contribution >= 4 is 35.2 Å². The van der Waals surface area contributed by atoms with Crippen LogP contribution in [-0.2, 0) is 9.53 Å². The van der Waals surface area contributed by atoms with E-state index in [9.17, 15) is 18.8 Å². The minimum atomic E-state index is -0.597. The van der Waals surface area contributed by atoms with Crippen LogP contribution >= 0.6 is 0 Å². The van der Waals surface area contributed by atoms with E-state index < -0.39 is 17.5 Å². The first kappa shape index (κ1) is 25.0. The number of aromatic amines is 1. The van der Waals surface area contributed by atoms with E-state index in [1.807, 2.05) is 6.92 Å². The maximum absolute atomic E-state index is 13.7. The molecule has 182 valence electrons. The van der Waals surface area contributed by atoms with E-state index in [4.69, 9.17) is 4.74 Å². The number of aryl methyl sites for hydroxylation is 1. The van der Waals surface area contributed by atoms with E-state index in [-0.39, 0.29) is 18.4 Å². The number of carbonyl (C=O) groups is 3. The molecule has 1 aliphatic rings. The molecule has 0 bridgehead atoms. The summed E-state index contributed by atoms with van der Waals surface area (Å²) in [7, 11) is 0. The molecule has 2 heterocycles. The molecular formula is C25H31FN4O4. The summed E-state index contributed by atoms with van der Waals surface area (Å²) in [5, 5.41) is 5.56. The smallest absolute Gasteiger partial charge is 0.410 e. The number of likely N-dealkylation sites (N-methyl/N-ethyl adjacent to an activating group) is 1. The first-order valence-corrected chi connectivity index (χ1v) is 11.2. The topological polar surface area (TPSA) is 104 Å². The molecule has 0 saturated heterocycles. The van der Waals surface area contributed by atoms with Gasteiger partial charge in [-0.2, -0.15) is 0 Å². The summed E-state index contributed by atoms with van der Waals surface area (Å²) in [6.07, 6.45) is 1.19. The molecule has 8 nitrogen and oxygen atoms in total. The van der Waals surface area contributed by atoms with Gasteiger partial charge in [-0.1, -0.05) is 0 Å². The van der Waals surface area contributed by atoms with Crippen LogP contribution in [0.1, 0.15) is 60.6 Å². The number of fused-ring (bicyclic) bond motifs is 1. The van der Waals surface area contributed by atoms with Gasteiger partial charge >= 0.3 is 6.09 Å². The lowest BCUT2D eigenvalue weighted by molar-refractivity contribution is -0.110. The predicted molar refractivity (Wildman–Crippen MR) is 129 cm³/mol. The lowest BCUT2D eigenvalue weighted by Crippen LogP contribution is -2.41. The number of anilines is 1. The van der Waals surface area contributed by atoms with Gasteiger partial charge in [0.2, 0.25) is 0 Å². The van der Waals surface area contributed by atoms with Crippen LogP contribution < -0.4 is 10.6 Å². The number of halogens is 1. The Balaban J connectivity index is 1.73. The van der Waals surface area contributed by atoms with Crippen molar-refractivity contribution in [3.05, 3.63) is 52.1 Å². The lowest BCUT2D eigenvalue weighted by Gasteiger charge is -2.26. The second-order valence-electron chi connectivity index (χ2n) is 9.18. The van der Waals surface area contributed by atoms with Gasteiger partial charge in [0.15, 0.2) is 0 Å². The Labute approximate surface area is 198 Å². The van der Waals surface area contributed by atoms with Crippen molar-refractivity contribution in [2.24, 2.45) is 0 Å². The van der Waals surface area contributed by atoms with E-state index in [0.717, 1.165) is 0 Å². The second-order valence-corrected chi connectivity index (χ2v) is 9.18. The van der Waals surface area contributed by atoms with Crippen LogP contribution in [0.3, 0.4) is 0 Å². The zero-order valence-electron chi connectivity index (χ0n) is 20.4. The van der Waals surface area contributed by atoms with Gasteiger partial charge in [-0.25, -0.2) is 9.18 Å². The highest BCUT2D eigenvalue weighted by Crippen LogP contribution is 2.34. The molecule has 1 aromatic carbocycles. The summed E-state index contributed by atoms with van der Waals surface area (Å²) in [5.41, 5.74) is 3.10. The van der Waals surface area contributed by atoms with Gasteiger partial charge in [0.1, 0.15) is 11.4 Å². The van der Waals surface area contributed by atoms with Gasteiger partial charge < -0.3 is 25.3 Å². The van der Waals surface area contributed by atoms with Crippen LogP contribution in [0.15, 0.2) is 18.2 Å². The number of rotatable bonds is 6. The number of carbonyl (C=O) groups excluding carboxylic acids is 3. The van der Waals surface area contributed by atoms with Crippen molar-refractivity contribution in [2.45, 2.75) is 47.1 Å². The number of aromatic nitrogens is 1. The molecule has 0 radical (unpaired) electrons. The number of hydrogen-bond donors (Lipinski definition) is 3. The van der Waals surface area contributed by atoms with Crippen molar-refractivity contribution in [3.8, 4) is 0 Å². The van der Waals surface area contributed by atoms with Gasteiger partial charge in [0, 0.05) is 42.3 Å². The van der Waals surface area contributed by atoms with Crippen LogP contribution in [0.2, 0.25) is 0 Å². The van der Waals surface area contributed by atoms with Gasteiger partial charge in [0.05, 0.1) is 11.1 Å². The van der Waals surface area contributed by atoms with Gasteiger partial charge in [0.25, 0.3) is 11.8 Å². The van der Waals surface area contributed by atoms with E-state index in [2.05, 4.69) is 15.6 Å². The fourth-order valence-electron chi connectivity index (χ4n) is 3.80. The SMILES string of the molecule is CCN(CCNC(=O)c1c(C)[nH]c(/C=C2\C(=O)Nc3ccc(F)cc32)c1C)C(=O)OC(C)(C)C. The van der Waals surface area contributed by atoms with Crippen LogP contribution in [0.25, 0.3) is 11.6 Å². The number of ether oxygens (including phenoxy) is 1. The van der Waals surface area contributed by atoms with Crippen LogP contribution in [-0.4, -0.2) is 53.0 Å². The first-order valence-electron chi connectivity index (χ1n) is 11.2. The standard InChI is InChI=1S/C25H31FN4O4/c1-7-30(24(33)34-25(4,5)6)11-10-27-23(32)21-14(2)20(28-15(21)3)13-18-17-12-16(26)8-9-19(17)29-22(18)31/h8-9,12-13,28H,7,10-11H2,1-6H3,(H,27,32)(H,29,31)/b18-13-. The van der Waals surface area contributed by atoms with Crippen LogP contribution in [0, 0.1) is 19.7 Å². The molecule has 1 aliphatic heterocycles. The largest absolute Gasteiger partial charge is 0.444 e. The first-order chi connectivity index (χ1) is 15.9. The number of amides is 3. The Morgan fingerprint density at radius 1 is 1.24 bits per heavy atom. The average Bonchev–Trinajstić information content (AvgIpc) is 3.19. The van der Waals surface area contributed by atoms with Gasteiger partial charge in [-0.3, -0.25) is 9.59 Å². The van der Waals surface area contributed by atoms with E-state index in [1.54, 1.807) is 40.7 Å². The minimum absolute atomic E-state index is 0.251. The third-order valence-corrected chi connectivity index (χ3v) is 5.46. The van der Waals surface area contributed by atoms with E-state index in [1.165, 1.54) is 23.1 Å². The number of nitrogens with zero attached hydrogens (tertiary/aromatic N) is 1. The Morgan fingerprint density at radius 2 is 1.94 bits per heavy atom. The van der Waals surface area contributed by atoms with Crippen molar-refractivity contribution in [2.75, 3.05) is 25.0 Å².